The maximum atomic E-state index is 13.3. The van der Waals surface area contributed by atoms with Crippen LogP contribution in [0.15, 0.2) is 45.9 Å². The average molecular weight is 422 g/mol. The first-order chi connectivity index (χ1) is 13.6. The summed E-state index contributed by atoms with van der Waals surface area (Å²) in [4.78, 5) is 26.1. The summed E-state index contributed by atoms with van der Waals surface area (Å²) < 4.78 is 32.0. The van der Waals surface area contributed by atoms with Crippen molar-refractivity contribution in [1.82, 2.24) is 15.5 Å². The quantitative estimate of drug-likeness (QED) is 0.620. The number of amides is 2. The predicted molar refractivity (Wildman–Crippen MR) is 109 cm³/mol. The third kappa shape index (κ3) is 5.91. The SMILES string of the molecule is Cc1ccc(C)c(S(=O)(=O)[C@H](CNC(=O)C(=O)NCCN(C)C)c2ccco2)c1. The second-order valence-electron chi connectivity index (χ2n) is 7.09. The maximum Gasteiger partial charge on any atom is 0.309 e. The molecule has 158 valence electrons. The van der Waals surface area contributed by atoms with Gasteiger partial charge in [-0.2, -0.15) is 0 Å². The standard InChI is InChI=1S/C20H27N3O5S/c1-14-7-8-15(2)17(12-14)29(26,27)18(16-6-5-11-28-16)13-22-20(25)19(24)21-9-10-23(3)4/h5-8,11-12,18H,9-10,13H2,1-4H3,(H,21,24)(H,22,25)/t18-/m1/s1. The van der Waals surface area contributed by atoms with E-state index in [2.05, 4.69) is 10.6 Å². The second-order valence-corrected chi connectivity index (χ2v) is 9.19. The van der Waals surface area contributed by atoms with Crippen LogP contribution in [0.25, 0.3) is 0 Å². The molecule has 8 nitrogen and oxygen atoms in total. The molecule has 0 saturated carbocycles. The number of nitrogens with zero attached hydrogens (tertiary/aromatic N) is 1. The monoisotopic (exact) mass is 421 g/mol. The molecule has 29 heavy (non-hydrogen) atoms. The van der Waals surface area contributed by atoms with Gasteiger partial charge in [0.05, 0.1) is 11.2 Å². The highest BCUT2D eigenvalue weighted by Crippen LogP contribution is 2.31. The summed E-state index contributed by atoms with van der Waals surface area (Å²) in [6, 6.07) is 8.28. The number of benzene rings is 1. The molecule has 2 amide bonds. The summed E-state index contributed by atoms with van der Waals surface area (Å²) in [5, 5.41) is 3.75. The van der Waals surface area contributed by atoms with Gasteiger partial charge in [-0.15, -0.1) is 0 Å². The summed E-state index contributed by atoms with van der Waals surface area (Å²) in [7, 11) is -0.182. The Kier molecular flexibility index (Phi) is 7.58. The molecule has 1 atom stereocenters. The molecule has 0 aliphatic carbocycles. The molecule has 0 spiro atoms. The molecule has 0 fully saturated rings. The average Bonchev–Trinajstić information content (AvgIpc) is 3.17. The first-order valence-corrected chi connectivity index (χ1v) is 10.7. The smallest absolute Gasteiger partial charge is 0.309 e. The molecule has 0 bridgehead atoms. The van der Waals surface area contributed by atoms with Crippen LogP contribution in [-0.2, 0) is 19.4 Å². The molecule has 1 aromatic carbocycles. The summed E-state index contributed by atoms with van der Waals surface area (Å²) in [5.41, 5.74) is 1.40. The number of aryl methyl sites for hydroxylation is 2. The van der Waals surface area contributed by atoms with Crippen molar-refractivity contribution in [1.29, 1.82) is 0 Å². The van der Waals surface area contributed by atoms with Crippen LogP contribution in [-0.4, -0.2) is 58.9 Å². The fourth-order valence-corrected chi connectivity index (χ4v) is 4.66. The highest BCUT2D eigenvalue weighted by Gasteiger charge is 2.33. The van der Waals surface area contributed by atoms with Crippen molar-refractivity contribution in [3.05, 3.63) is 53.5 Å². The van der Waals surface area contributed by atoms with E-state index in [0.29, 0.717) is 18.7 Å². The topological polar surface area (TPSA) is 109 Å². The zero-order chi connectivity index (χ0) is 21.6. The molecular formula is C20H27N3O5S. The third-order valence-electron chi connectivity index (χ3n) is 4.38. The van der Waals surface area contributed by atoms with E-state index in [-0.39, 0.29) is 17.2 Å². The number of nitrogens with one attached hydrogen (secondary N) is 2. The van der Waals surface area contributed by atoms with Crippen LogP contribution in [0.2, 0.25) is 0 Å². The van der Waals surface area contributed by atoms with Gasteiger partial charge in [-0.25, -0.2) is 8.42 Å². The van der Waals surface area contributed by atoms with E-state index < -0.39 is 26.9 Å². The van der Waals surface area contributed by atoms with Crippen molar-refractivity contribution in [3.63, 3.8) is 0 Å². The van der Waals surface area contributed by atoms with Gasteiger partial charge in [-0.05, 0) is 57.3 Å². The van der Waals surface area contributed by atoms with Crippen LogP contribution < -0.4 is 10.6 Å². The second kappa shape index (κ2) is 9.71. The van der Waals surface area contributed by atoms with Crippen molar-refractivity contribution in [2.75, 3.05) is 33.7 Å². The molecule has 2 N–H and O–H groups in total. The summed E-state index contributed by atoms with van der Waals surface area (Å²) in [6.07, 6.45) is 1.37. The number of sulfone groups is 1. The minimum Gasteiger partial charge on any atom is -0.468 e. The van der Waals surface area contributed by atoms with E-state index in [0.717, 1.165) is 5.56 Å². The molecule has 0 aliphatic heterocycles. The van der Waals surface area contributed by atoms with Gasteiger partial charge in [0, 0.05) is 19.6 Å². The van der Waals surface area contributed by atoms with Crippen molar-refractivity contribution in [2.24, 2.45) is 0 Å². The van der Waals surface area contributed by atoms with E-state index in [9.17, 15) is 18.0 Å². The summed E-state index contributed by atoms with van der Waals surface area (Å²) in [6.45, 7) is 4.11. The van der Waals surface area contributed by atoms with E-state index >= 15 is 0 Å². The zero-order valence-electron chi connectivity index (χ0n) is 17.1. The normalized spacial score (nSPS) is 12.6. The van der Waals surface area contributed by atoms with Crippen LogP contribution in [0.3, 0.4) is 0 Å². The molecule has 9 heteroatoms. The van der Waals surface area contributed by atoms with Gasteiger partial charge < -0.3 is 20.0 Å². The first-order valence-electron chi connectivity index (χ1n) is 9.18. The predicted octanol–water partition coefficient (Wildman–Crippen LogP) is 1.21. The van der Waals surface area contributed by atoms with Crippen molar-refractivity contribution < 1.29 is 22.4 Å². The fraction of sp³-hybridized carbons (Fsp3) is 0.400. The van der Waals surface area contributed by atoms with Crippen molar-refractivity contribution >= 4 is 21.7 Å². The maximum absolute atomic E-state index is 13.3. The van der Waals surface area contributed by atoms with Gasteiger partial charge in [-0.3, -0.25) is 9.59 Å². The van der Waals surface area contributed by atoms with Crippen LogP contribution >= 0.6 is 0 Å². The minimum atomic E-state index is -3.87. The largest absolute Gasteiger partial charge is 0.468 e. The number of rotatable bonds is 8. The van der Waals surface area contributed by atoms with Gasteiger partial charge >= 0.3 is 11.8 Å². The third-order valence-corrected chi connectivity index (χ3v) is 6.59. The van der Waals surface area contributed by atoms with E-state index in [1.165, 1.54) is 12.3 Å². The summed E-state index contributed by atoms with van der Waals surface area (Å²) >= 11 is 0. The van der Waals surface area contributed by atoms with Gasteiger partial charge in [0.2, 0.25) is 0 Å². The highest BCUT2D eigenvalue weighted by atomic mass is 32.2. The Morgan fingerprint density at radius 1 is 1.10 bits per heavy atom. The lowest BCUT2D eigenvalue weighted by molar-refractivity contribution is -0.139. The Bertz CT molecular complexity index is 953. The van der Waals surface area contributed by atoms with Gasteiger partial charge in [-0.1, -0.05) is 12.1 Å². The number of likely N-dealkylation sites (N-methyl/N-ethyl adjacent to an activating group) is 1. The lowest BCUT2D eigenvalue weighted by Crippen LogP contribution is -2.43. The minimum absolute atomic E-state index is 0.170. The number of furan rings is 1. The molecule has 0 saturated heterocycles. The Morgan fingerprint density at radius 3 is 2.41 bits per heavy atom. The van der Waals surface area contributed by atoms with Crippen LogP contribution in [0.4, 0.5) is 0 Å². The molecule has 1 aromatic heterocycles. The Morgan fingerprint density at radius 2 is 1.79 bits per heavy atom. The van der Waals surface area contributed by atoms with Gasteiger partial charge in [0.25, 0.3) is 0 Å². The summed E-state index contributed by atoms with van der Waals surface area (Å²) in [5.74, 6) is -1.51. The molecule has 1 heterocycles. The Balaban J connectivity index is 2.19. The van der Waals surface area contributed by atoms with E-state index in [4.69, 9.17) is 4.42 Å². The number of hydrogen-bond donors (Lipinski definition) is 2. The Labute approximate surface area is 171 Å². The molecule has 2 aromatic rings. The van der Waals surface area contributed by atoms with Crippen molar-refractivity contribution in [3.8, 4) is 0 Å². The van der Waals surface area contributed by atoms with Gasteiger partial charge in [0.15, 0.2) is 9.84 Å². The van der Waals surface area contributed by atoms with Crippen LogP contribution in [0, 0.1) is 13.8 Å². The molecule has 0 unspecified atom stereocenters. The van der Waals surface area contributed by atoms with E-state index in [1.807, 2.05) is 25.1 Å². The lowest BCUT2D eigenvalue weighted by atomic mass is 10.2. The lowest BCUT2D eigenvalue weighted by Gasteiger charge is -2.18. The Hall–Kier alpha value is -2.65. The van der Waals surface area contributed by atoms with Crippen LogP contribution in [0.5, 0.6) is 0 Å². The molecule has 0 aliphatic rings. The van der Waals surface area contributed by atoms with Crippen molar-refractivity contribution in [2.45, 2.75) is 24.0 Å². The molecule has 0 radical (unpaired) electrons. The number of carbonyl (C=O) groups excluding carboxylic acids is 2. The highest BCUT2D eigenvalue weighted by molar-refractivity contribution is 7.91. The van der Waals surface area contributed by atoms with Gasteiger partial charge in [0.1, 0.15) is 11.0 Å². The van der Waals surface area contributed by atoms with E-state index in [1.54, 1.807) is 32.0 Å². The van der Waals surface area contributed by atoms with Crippen LogP contribution in [0.1, 0.15) is 22.1 Å². The fourth-order valence-electron chi connectivity index (χ4n) is 2.74. The number of hydrogen-bond acceptors (Lipinski definition) is 6. The first kappa shape index (κ1) is 22.6. The molecule has 2 rings (SSSR count). The zero-order valence-corrected chi connectivity index (χ0v) is 17.9. The molecular weight excluding hydrogens is 394 g/mol. The number of carbonyl (C=O) groups is 2.